The van der Waals surface area contributed by atoms with Crippen molar-refractivity contribution in [2.24, 2.45) is 0 Å². The lowest BCUT2D eigenvalue weighted by Crippen LogP contribution is -2.41. The molecule has 0 spiro atoms. The summed E-state index contributed by atoms with van der Waals surface area (Å²) in [6, 6.07) is 4.33. The molecule has 0 bridgehead atoms. The van der Waals surface area contributed by atoms with E-state index in [1.54, 1.807) is 0 Å². The van der Waals surface area contributed by atoms with Gasteiger partial charge < -0.3 is 10.2 Å². The zero-order valence-electron chi connectivity index (χ0n) is 11.3. The largest absolute Gasteiger partial charge is 0.309 e. The summed E-state index contributed by atoms with van der Waals surface area (Å²) < 4.78 is 1.91. The van der Waals surface area contributed by atoms with Crippen LogP contribution in [0.5, 0.6) is 0 Å². The Bertz CT molecular complexity index is 479. The molecule has 1 N–H and O–H groups in total. The van der Waals surface area contributed by atoms with E-state index in [-0.39, 0.29) is 11.9 Å². The van der Waals surface area contributed by atoms with Gasteiger partial charge in [0.15, 0.2) is 0 Å². The number of halogens is 2. The van der Waals surface area contributed by atoms with Gasteiger partial charge in [0.2, 0.25) is 5.91 Å². The van der Waals surface area contributed by atoms with Gasteiger partial charge in [0.05, 0.1) is 11.7 Å². The minimum atomic E-state index is -0.0693. The minimum absolute atomic E-state index is 0.0693. The maximum atomic E-state index is 12.5. The molecule has 1 aliphatic heterocycles. The van der Waals surface area contributed by atoms with Crippen LogP contribution in [-0.2, 0) is 4.79 Å². The third-order valence-electron chi connectivity index (χ3n) is 3.17. The van der Waals surface area contributed by atoms with E-state index in [2.05, 4.69) is 51.0 Å². The van der Waals surface area contributed by atoms with Crippen LogP contribution >= 0.6 is 31.9 Å². The Kier molecular flexibility index (Phi) is 4.69. The first kappa shape index (κ1) is 15.0. The fourth-order valence-corrected chi connectivity index (χ4v) is 4.25. The molecule has 5 heteroatoms. The summed E-state index contributed by atoms with van der Waals surface area (Å²) in [5.74, 6) is 0.152. The summed E-state index contributed by atoms with van der Waals surface area (Å²) in [6.07, 6.45) is 0.851. The van der Waals surface area contributed by atoms with E-state index >= 15 is 0 Å². The molecule has 1 atom stereocenters. The van der Waals surface area contributed by atoms with E-state index in [0.717, 1.165) is 33.2 Å². The molecule has 2 rings (SSSR count). The maximum absolute atomic E-state index is 12.5. The van der Waals surface area contributed by atoms with Crippen LogP contribution in [0.15, 0.2) is 21.1 Å². The highest BCUT2D eigenvalue weighted by Crippen LogP contribution is 2.37. The van der Waals surface area contributed by atoms with Crippen molar-refractivity contribution < 1.29 is 4.79 Å². The number of hydrogen-bond acceptors (Lipinski definition) is 2. The van der Waals surface area contributed by atoms with Crippen LogP contribution in [-0.4, -0.2) is 24.5 Å². The SMILES string of the molecule is Cc1cc(Br)c(N2CCC(NC(C)C)C2=O)c(Br)c1. The highest BCUT2D eigenvalue weighted by Gasteiger charge is 2.34. The summed E-state index contributed by atoms with van der Waals surface area (Å²) in [7, 11) is 0. The number of carbonyl (C=O) groups is 1. The number of nitrogens with zero attached hydrogens (tertiary/aromatic N) is 1. The molecule has 1 fully saturated rings. The van der Waals surface area contributed by atoms with E-state index in [0.29, 0.717) is 6.04 Å². The summed E-state index contributed by atoms with van der Waals surface area (Å²) in [6.45, 7) is 6.92. The lowest BCUT2D eigenvalue weighted by atomic mass is 10.2. The first-order valence-corrected chi connectivity index (χ1v) is 8.02. The number of nitrogens with one attached hydrogen (secondary N) is 1. The summed E-state index contributed by atoms with van der Waals surface area (Å²) in [4.78, 5) is 14.3. The van der Waals surface area contributed by atoms with Gasteiger partial charge in [-0.25, -0.2) is 0 Å². The second-order valence-corrected chi connectivity index (χ2v) is 6.94. The smallest absolute Gasteiger partial charge is 0.244 e. The topological polar surface area (TPSA) is 32.3 Å². The van der Waals surface area contributed by atoms with Crippen molar-refractivity contribution in [2.75, 3.05) is 11.4 Å². The second kappa shape index (κ2) is 5.94. The Hall–Kier alpha value is -0.390. The zero-order chi connectivity index (χ0) is 14.2. The summed E-state index contributed by atoms with van der Waals surface area (Å²) in [5.41, 5.74) is 2.09. The summed E-state index contributed by atoms with van der Waals surface area (Å²) in [5, 5.41) is 3.32. The van der Waals surface area contributed by atoms with Crippen LogP contribution in [0.25, 0.3) is 0 Å². The minimum Gasteiger partial charge on any atom is -0.309 e. The number of rotatable bonds is 3. The van der Waals surface area contributed by atoms with E-state index in [4.69, 9.17) is 0 Å². The Morgan fingerprint density at radius 3 is 2.42 bits per heavy atom. The van der Waals surface area contributed by atoms with Crippen LogP contribution in [0.4, 0.5) is 5.69 Å². The van der Waals surface area contributed by atoms with Crippen LogP contribution in [0.1, 0.15) is 25.8 Å². The number of amides is 1. The zero-order valence-corrected chi connectivity index (χ0v) is 14.5. The lowest BCUT2D eigenvalue weighted by molar-refractivity contribution is -0.118. The molecule has 1 unspecified atom stereocenters. The number of benzene rings is 1. The Morgan fingerprint density at radius 2 is 1.89 bits per heavy atom. The lowest BCUT2D eigenvalue weighted by Gasteiger charge is -2.21. The van der Waals surface area contributed by atoms with E-state index < -0.39 is 0 Å². The first-order valence-electron chi connectivity index (χ1n) is 6.43. The van der Waals surface area contributed by atoms with Gasteiger partial charge >= 0.3 is 0 Å². The first-order chi connectivity index (χ1) is 8.90. The number of hydrogen-bond donors (Lipinski definition) is 1. The average Bonchev–Trinajstić information content (AvgIpc) is 2.60. The molecule has 19 heavy (non-hydrogen) atoms. The molecule has 104 valence electrons. The molecule has 0 aliphatic carbocycles. The molecule has 1 amide bonds. The third kappa shape index (κ3) is 3.20. The fourth-order valence-electron chi connectivity index (χ4n) is 2.41. The van der Waals surface area contributed by atoms with Gasteiger partial charge in [-0.15, -0.1) is 0 Å². The Morgan fingerprint density at radius 1 is 1.32 bits per heavy atom. The van der Waals surface area contributed by atoms with Crippen molar-refractivity contribution in [3.05, 3.63) is 26.6 Å². The van der Waals surface area contributed by atoms with Crippen LogP contribution in [0, 0.1) is 6.92 Å². The molecule has 1 aromatic carbocycles. The van der Waals surface area contributed by atoms with Crippen LogP contribution in [0.3, 0.4) is 0 Å². The molecule has 0 saturated carbocycles. The van der Waals surface area contributed by atoms with Gasteiger partial charge in [-0.1, -0.05) is 13.8 Å². The van der Waals surface area contributed by atoms with Gasteiger partial charge in [0.1, 0.15) is 0 Å². The van der Waals surface area contributed by atoms with Crippen molar-refractivity contribution >= 4 is 43.5 Å². The maximum Gasteiger partial charge on any atom is 0.244 e. The molecule has 3 nitrogen and oxygen atoms in total. The van der Waals surface area contributed by atoms with Gasteiger partial charge in [-0.05, 0) is 62.9 Å². The molecular formula is C14H18Br2N2O. The van der Waals surface area contributed by atoms with Gasteiger partial charge in [0.25, 0.3) is 0 Å². The average molecular weight is 390 g/mol. The normalized spacial score (nSPS) is 19.6. The van der Waals surface area contributed by atoms with Crippen LogP contribution in [0.2, 0.25) is 0 Å². The highest BCUT2D eigenvalue weighted by molar-refractivity contribution is 9.11. The predicted molar refractivity (Wildman–Crippen MR) is 85.6 cm³/mol. The molecule has 0 radical (unpaired) electrons. The monoisotopic (exact) mass is 388 g/mol. The van der Waals surface area contributed by atoms with Crippen molar-refractivity contribution in [3.63, 3.8) is 0 Å². The van der Waals surface area contributed by atoms with E-state index in [1.165, 1.54) is 0 Å². The van der Waals surface area contributed by atoms with Gasteiger partial charge in [0, 0.05) is 21.5 Å². The van der Waals surface area contributed by atoms with Gasteiger partial charge in [-0.2, -0.15) is 0 Å². The Labute approximate surface area is 131 Å². The number of aryl methyl sites for hydroxylation is 1. The predicted octanol–water partition coefficient (Wildman–Crippen LogP) is 3.62. The summed E-state index contributed by atoms with van der Waals surface area (Å²) >= 11 is 7.12. The van der Waals surface area contributed by atoms with E-state index in [1.807, 2.05) is 24.0 Å². The Balaban J connectivity index is 2.27. The van der Waals surface area contributed by atoms with Gasteiger partial charge in [-0.3, -0.25) is 4.79 Å². The molecule has 1 aliphatic rings. The molecular weight excluding hydrogens is 372 g/mol. The molecule has 1 saturated heterocycles. The van der Waals surface area contributed by atoms with Crippen molar-refractivity contribution in [1.29, 1.82) is 0 Å². The van der Waals surface area contributed by atoms with Crippen molar-refractivity contribution in [2.45, 2.75) is 39.3 Å². The molecule has 1 heterocycles. The quantitative estimate of drug-likeness (QED) is 0.856. The van der Waals surface area contributed by atoms with Crippen molar-refractivity contribution in [1.82, 2.24) is 5.32 Å². The second-order valence-electron chi connectivity index (χ2n) is 5.23. The third-order valence-corrected chi connectivity index (χ3v) is 4.38. The molecule has 1 aromatic rings. The van der Waals surface area contributed by atoms with Crippen LogP contribution < -0.4 is 10.2 Å². The van der Waals surface area contributed by atoms with Crippen molar-refractivity contribution in [3.8, 4) is 0 Å². The highest BCUT2D eigenvalue weighted by atomic mass is 79.9. The fraction of sp³-hybridized carbons (Fsp3) is 0.500. The number of carbonyl (C=O) groups excluding carboxylic acids is 1. The van der Waals surface area contributed by atoms with E-state index in [9.17, 15) is 4.79 Å². The molecule has 0 aromatic heterocycles. The number of anilines is 1. The standard InChI is InChI=1S/C14H18Br2N2O/c1-8(2)17-12-4-5-18(14(12)19)13-10(15)6-9(3)7-11(13)16/h6-8,12,17H,4-5H2,1-3H3.